The Hall–Kier alpha value is -1.08. The highest BCUT2D eigenvalue weighted by atomic mass is 127. The molecule has 3 rings (SSSR count). The second-order valence-corrected chi connectivity index (χ2v) is 10.8. The summed E-state index contributed by atoms with van der Waals surface area (Å²) >= 11 is 0. The van der Waals surface area contributed by atoms with Gasteiger partial charge in [-0.2, -0.15) is 0 Å². The van der Waals surface area contributed by atoms with Crippen LogP contribution in [0.3, 0.4) is 0 Å². The van der Waals surface area contributed by atoms with Crippen molar-refractivity contribution in [1.82, 2.24) is 10.6 Å². The van der Waals surface area contributed by atoms with Gasteiger partial charge in [0.1, 0.15) is 0 Å². The van der Waals surface area contributed by atoms with Gasteiger partial charge in [0.2, 0.25) is 10.0 Å². The second kappa shape index (κ2) is 8.95. The summed E-state index contributed by atoms with van der Waals surface area (Å²) < 4.78 is 49.8. The number of sulfone groups is 1. The zero-order chi connectivity index (χ0) is 18.8. The summed E-state index contributed by atoms with van der Waals surface area (Å²) in [7, 11) is -4.84. The quantitative estimate of drug-likeness (QED) is 0.325. The summed E-state index contributed by atoms with van der Waals surface area (Å²) in [5.41, 5.74) is 1.80. The largest absolute Gasteiger partial charge is 0.355 e. The minimum absolute atomic E-state index is 0. The van der Waals surface area contributed by atoms with E-state index in [2.05, 4.69) is 15.6 Å². The van der Waals surface area contributed by atoms with E-state index in [0.29, 0.717) is 18.9 Å². The lowest BCUT2D eigenvalue weighted by Gasteiger charge is -2.20. The number of halogens is 1. The van der Waals surface area contributed by atoms with Crippen molar-refractivity contribution >= 4 is 55.5 Å². The van der Waals surface area contributed by atoms with Crippen LogP contribution >= 0.6 is 24.0 Å². The minimum Gasteiger partial charge on any atom is -0.355 e. The lowest BCUT2D eigenvalue weighted by Crippen LogP contribution is -2.46. The van der Waals surface area contributed by atoms with Gasteiger partial charge in [-0.15, -0.1) is 24.0 Å². The van der Waals surface area contributed by atoms with Crippen molar-refractivity contribution < 1.29 is 16.8 Å². The first kappa shape index (κ1) is 22.2. The Kier molecular flexibility index (Phi) is 7.36. The maximum absolute atomic E-state index is 12.6. The van der Waals surface area contributed by atoms with Crippen molar-refractivity contribution in [3.05, 3.63) is 29.8 Å². The van der Waals surface area contributed by atoms with E-state index in [4.69, 9.17) is 0 Å². The molecular weight excluding hydrogens is 503 g/mol. The van der Waals surface area contributed by atoms with Gasteiger partial charge in [0.25, 0.3) is 0 Å². The number of guanidine groups is 1. The van der Waals surface area contributed by atoms with Crippen molar-refractivity contribution in [3.63, 3.8) is 0 Å². The Morgan fingerprint density at radius 2 is 2.07 bits per heavy atom. The fourth-order valence-corrected chi connectivity index (χ4v) is 6.40. The molecule has 2 N–H and O–H groups in total. The van der Waals surface area contributed by atoms with Crippen LogP contribution in [0.2, 0.25) is 0 Å². The van der Waals surface area contributed by atoms with Crippen LogP contribution < -0.4 is 14.9 Å². The SMILES string of the molecule is CN=C(NCCS(=O)(=O)N1CCc2ccccc21)NC1CCS(=O)(=O)C1.I. The molecule has 1 atom stereocenters. The summed E-state index contributed by atoms with van der Waals surface area (Å²) in [6.07, 6.45) is 1.26. The van der Waals surface area contributed by atoms with E-state index >= 15 is 0 Å². The monoisotopic (exact) mass is 528 g/mol. The second-order valence-electron chi connectivity index (χ2n) is 6.51. The molecule has 1 saturated heterocycles. The number of benzene rings is 1. The maximum Gasteiger partial charge on any atom is 0.236 e. The number of nitrogens with zero attached hydrogens (tertiary/aromatic N) is 2. The first-order valence-corrected chi connectivity index (χ1v) is 12.0. The molecule has 0 saturated carbocycles. The number of aliphatic imine (C=N–C) groups is 1. The lowest BCUT2D eigenvalue weighted by atomic mass is 10.2. The Balaban J connectivity index is 0.00000261. The normalized spacial score (nSPS) is 21.4. The van der Waals surface area contributed by atoms with E-state index in [-0.39, 0.29) is 53.8 Å². The number of fused-ring (bicyclic) bond motifs is 1. The molecule has 1 unspecified atom stereocenters. The zero-order valence-corrected chi connectivity index (χ0v) is 19.1. The topological polar surface area (TPSA) is 108 Å². The average molecular weight is 528 g/mol. The third kappa shape index (κ3) is 5.47. The standard InChI is InChI=1S/C16H24N4O4S2.HI/c1-17-16(19-14-7-10-25(21,22)12-14)18-8-11-26(23,24)20-9-6-13-4-2-3-5-15(13)20;/h2-5,14H,6-12H2,1H3,(H2,17,18,19);1H. The van der Waals surface area contributed by atoms with Crippen molar-refractivity contribution in [2.75, 3.05) is 41.7 Å². The number of hydrogen-bond donors (Lipinski definition) is 2. The molecule has 0 aromatic heterocycles. The van der Waals surface area contributed by atoms with Gasteiger partial charge in [-0.25, -0.2) is 16.8 Å². The van der Waals surface area contributed by atoms with Crippen molar-refractivity contribution in [3.8, 4) is 0 Å². The van der Waals surface area contributed by atoms with E-state index < -0.39 is 19.9 Å². The molecule has 152 valence electrons. The molecule has 0 aliphatic carbocycles. The fraction of sp³-hybridized carbons (Fsp3) is 0.562. The van der Waals surface area contributed by atoms with Crippen LogP contribution in [0.1, 0.15) is 12.0 Å². The molecule has 0 radical (unpaired) electrons. The molecule has 2 heterocycles. The Labute approximate surface area is 177 Å². The Morgan fingerprint density at radius 1 is 1.33 bits per heavy atom. The number of para-hydroxylation sites is 1. The smallest absolute Gasteiger partial charge is 0.236 e. The fourth-order valence-electron chi connectivity index (χ4n) is 3.30. The summed E-state index contributed by atoms with van der Waals surface area (Å²) in [6, 6.07) is 7.34. The van der Waals surface area contributed by atoms with Crippen molar-refractivity contribution in [2.24, 2.45) is 4.99 Å². The van der Waals surface area contributed by atoms with Crippen LogP contribution in [0.4, 0.5) is 5.69 Å². The van der Waals surface area contributed by atoms with E-state index in [1.165, 1.54) is 4.31 Å². The van der Waals surface area contributed by atoms with Gasteiger partial charge in [0.05, 0.1) is 22.9 Å². The van der Waals surface area contributed by atoms with Crippen LogP contribution in [-0.4, -0.2) is 66.2 Å². The van der Waals surface area contributed by atoms with E-state index in [0.717, 1.165) is 17.7 Å². The van der Waals surface area contributed by atoms with E-state index in [1.54, 1.807) is 7.05 Å². The van der Waals surface area contributed by atoms with Gasteiger partial charge in [-0.05, 0) is 24.5 Å². The van der Waals surface area contributed by atoms with Crippen LogP contribution in [0.5, 0.6) is 0 Å². The first-order chi connectivity index (χ1) is 12.3. The molecule has 2 aliphatic rings. The highest BCUT2D eigenvalue weighted by Gasteiger charge is 2.30. The predicted octanol–water partition coefficient (Wildman–Crippen LogP) is 0.349. The number of rotatable bonds is 5. The number of hydrogen-bond acceptors (Lipinski definition) is 5. The van der Waals surface area contributed by atoms with Gasteiger partial charge < -0.3 is 10.6 Å². The first-order valence-electron chi connectivity index (χ1n) is 8.57. The summed E-state index contributed by atoms with van der Waals surface area (Å²) in [4.78, 5) is 4.04. The highest BCUT2D eigenvalue weighted by Crippen LogP contribution is 2.29. The molecule has 2 aliphatic heterocycles. The third-order valence-electron chi connectivity index (χ3n) is 4.63. The molecule has 0 amide bonds. The van der Waals surface area contributed by atoms with Crippen LogP contribution in [0.25, 0.3) is 0 Å². The van der Waals surface area contributed by atoms with Gasteiger partial charge in [-0.3, -0.25) is 9.30 Å². The van der Waals surface area contributed by atoms with Crippen LogP contribution in [0.15, 0.2) is 29.3 Å². The molecule has 8 nitrogen and oxygen atoms in total. The molecule has 0 spiro atoms. The molecular formula is C16H25IN4O4S2. The van der Waals surface area contributed by atoms with E-state index in [9.17, 15) is 16.8 Å². The van der Waals surface area contributed by atoms with Crippen molar-refractivity contribution in [2.45, 2.75) is 18.9 Å². The molecule has 27 heavy (non-hydrogen) atoms. The molecule has 0 bridgehead atoms. The Bertz CT molecular complexity index is 903. The number of anilines is 1. The van der Waals surface area contributed by atoms with Gasteiger partial charge in [0, 0.05) is 26.2 Å². The Morgan fingerprint density at radius 3 is 2.74 bits per heavy atom. The molecule has 1 aromatic carbocycles. The highest BCUT2D eigenvalue weighted by molar-refractivity contribution is 14.0. The lowest BCUT2D eigenvalue weighted by molar-refractivity contribution is 0.590. The van der Waals surface area contributed by atoms with E-state index in [1.807, 2.05) is 24.3 Å². The number of nitrogens with one attached hydrogen (secondary N) is 2. The van der Waals surface area contributed by atoms with Gasteiger partial charge >= 0.3 is 0 Å². The van der Waals surface area contributed by atoms with Crippen LogP contribution in [-0.2, 0) is 26.3 Å². The third-order valence-corrected chi connectivity index (χ3v) is 8.17. The predicted molar refractivity (Wildman–Crippen MR) is 118 cm³/mol. The minimum atomic E-state index is -3.43. The average Bonchev–Trinajstić information content (AvgIpc) is 3.17. The van der Waals surface area contributed by atoms with Gasteiger partial charge in [-0.1, -0.05) is 18.2 Å². The summed E-state index contributed by atoms with van der Waals surface area (Å²) in [5, 5.41) is 6.01. The zero-order valence-electron chi connectivity index (χ0n) is 15.1. The number of sulfonamides is 1. The summed E-state index contributed by atoms with van der Waals surface area (Å²) in [6.45, 7) is 0.661. The van der Waals surface area contributed by atoms with Crippen LogP contribution in [0, 0.1) is 0 Å². The van der Waals surface area contributed by atoms with Crippen molar-refractivity contribution in [1.29, 1.82) is 0 Å². The molecule has 11 heteroatoms. The molecule has 1 aromatic rings. The summed E-state index contributed by atoms with van der Waals surface area (Å²) in [5.74, 6) is 0.607. The maximum atomic E-state index is 12.6. The van der Waals surface area contributed by atoms with Gasteiger partial charge in [0.15, 0.2) is 15.8 Å². The molecule has 1 fully saturated rings.